The highest BCUT2D eigenvalue weighted by Gasteiger charge is 2.27. The fourth-order valence-corrected chi connectivity index (χ4v) is 3.40. The summed E-state index contributed by atoms with van der Waals surface area (Å²) in [4.78, 5) is 28.1. The van der Waals surface area contributed by atoms with Gasteiger partial charge in [-0.05, 0) is 57.7 Å². The van der Waals surface area contributed by atoms with Crippen molar-refractivity contribution in [3.63, 3.8) is 0 Å². The lowest BCUT2D eigenvalue weighted by Crippen LogP contribution is -2.46. The van der Waals surface area contributed by atoms with Crippen molar-refractivity contribution in [2.24, 2.45) is 5.92 Å². The molecule has 8 heteroatoms. The van der Waals surface area contributed by atoms with Crippen LogP contribution in [0.1, 0.15) is 33.6 Å². The van der Waals surface area contributed by atoms with Gasteiger partial charge in [0.15, 0.2) is 0 Å². The van der Waals surface area contributed by atoms with Crippen LogP contribution < -0.4 is 10.1 Å². The molecule has 0 aliphatic carbocycles. The molecule has 1 aromatic carbocycles. The number of rotatable bonds is 4. The zero-order chi connectivity index (χ0) is 20.9. The lowest BCUT2D eigenvalue weighted by atomic mass is 9.98. The van der Waals surface area contributed by atoms with Crippen LogP contribution in [0, 0.1) is 5.92 Å². The Morgan fingerprint density at radius 2 is 2.07 bits per heavy atom. The maximum atomic E-state index is 12.6. The number of piperidine rings is 1. The Bertz CT molecular complexity index is 705. The highest BCUT2D eigenvalue weighted by Crippen LogP contribution is 2.27. The van der Waals surface area contributed by atoms with Crippen molar-refractivity contribution < 1.29 is 19.1 Å². The number of carbonyl (C=O) groups is 2. The van der Waals surface area contributed by atoms with Crippen molar-refractivity contribution in [3.05, 3.63) is 23.2 Å². The molecule has 1 atom stereocenters. The van der Waals surface area contributed by atoms with Crippen molar-refractivity contribution in [2.45, 2.75) is 39.2 Å². The molecule has 1 fully saturated rings. The number of hydrogen-bond donors (Lipinski definition) is 1. The van der Waals surface area contributed by atoms with E-state index >= 15 is 0 Å². The molecular weight excluding hydrogens is 382 g/mol. The summed E-state index contributed by atoms with van der Waals surface area (Å²) in [7, 11) is 3.27. The van der Waals surface area contributed by atoms with E-state index in [0.717, 1.165) is 12.8 Å². The minimum atomic E-state index is -0.524. The van der Waals surface area contributed by atoms with Gasteiger partial charge in [-0.2, -0.15) is 0 Å². The number of anilines is 1. The number of urea groups is 1. The Hall–Kier alpha value is -2.15. The first-order valence-electron chi connectivity index (χ1n) is 9.42. The van der Waals surface area contributed by atoms with Crippen LogP contribution in [0.2, 0.25) is 5.02 Å². The first-order valence-corrected chi connectivity index (χ1v) is 9.80. The molecule has 3 amide bonds. The van der Waals surface area contributed by atoms with Crippen LogP contribution in [0.3, 0.4) is 0 Å². The smallest absolute Gasteiger partial charge is 0.410 e. The first-order chi connectivity index (χ1) is 13.1. The van der Waals surface area contributed by atoms with Gasteiger partial charge in [-0.1, -0.05) is 11.6 Å². The number of likely N-dealkylation sites (tertiary alicyclic amines) is 1. The van der Waals surface area contributed by atoms with Crippen molar-refractivity contribution >= 4 is 29.4 Å². The SMILES string of the molecule is COc1ccc(NC(=O)N2CCCC(CN(C)C(=O)OC(C)(C)C)C2)cc1Cl. The van der Waals surface area contributed by atoms with Crippen LogP contribution in [-0.4, -0.2) is 61.3 Å². The van der Waals surface area contributed by atoms with Crippen LogP contribution >= 0.6 is 11.6 Å². The van der Waals surface area contributed by atoms with Crippen LogP contribution in [0.4, 0.5) is 15.3 Å². The van der Waals surface area contributed by atoms with Crippen molar-refractivity contribution in [2.75, 3.05) is 39.1 Å². The van der Waals surface area contributed by atoms with Crippen molar-refractivity contribution in [1.82, 2.24) is 9.80 Å². The molecule has 1 aliphatic heterocycles. The van der Waals surface area contributed by atoms with Crippen LogP contribution in [0.25, 0.3) is 0 Å². The summed E-state index contributed by atoms with van der Waals surface area (Å²) in [6.07, 6.45) is 1.51. The van der Waals surface area contributed by atoms with Gasteiger partial charge in [-0.3, -0.25) is 0 Å². The van der Waals surface area contributed by atoms with Crippen molar-refractivity contribution in [1.29, 1.82) is 0 Å². The Labute approximate surface area is 171 Å². The maximum absolute atomic E-state index is 12.6. The molecule has 156 valence electrons. The summed E-state index contributed by atoms with van der Waals surface area (Å²) in [5.41, 5.74) is 0.0903. The fourth-order valence-electron chi connectivity index (χ4n) is 3.15. The first kappa shape index (κ1) is 22.1. The summed E-state index contributed by atoms with van der Waals surface area (Å²) >= 11 is 6.12. The highest BCUT2D eigenvalue weighted by atomic mass is 35.5. The second kappa shape index (κ2) is 9.37. The number of halogens is 1. The van der Waals surface area contributed by atoms with Crippen LogP contribution in [0.5, 0.6) is 5.75 Å². The van der Waals surface area contributed by atoms with E-state index in [1.807, 2.05) is 20.8 Å². The molecule has 0 radical (unpaired) electrons. The zero-order valence-corrected chi connectivity index (χ0v) is 18.0. The minimum absolute atomic E-state index is 0.175. The number of benzene rings is 1. The van der Waals surface area contributed by atoms with E-state index in [4.69, 9.17) is 21.1 Å². The molecule has 0 aromatic heterocycles. The highest BCUT2D eigenvalue weighted by molar-refractivity contribution is 6.32. The third-order valence-corrected chi connectivity index (χ3v) is 4.74. The van der Waals surface area contributed by atoms with Gasteiger partial charge in [0.2, 0.25) is 0 Å². The molecule has 0 saturated carbocycles. The number of methoxy groups -OCH3 is 1. The molecule has 28 heavy (non-hydrogen) atoms. The summed E-state index contributed by atoms with van der Waals surface area (Å²) in [6.45, 7) is 7.35. The molecule has 1 unspecified atom stereocenters. The molecule has 2 rings (SSSR count). The van der Waals surface area contributed by atoms with E-state index in [0.29, 0.717) is 36.1 Å². The Balaban J connectivity index is 1.90. The van der Waals surface area contributed by atoms with E-state index < -0.39 is 5.60 Å². The van der Waals surface area contributed by atoms with E-state index in [1.54, 1.807) is 42.2 Å². The van der Waals surface area contributed by atoms with E-state index in [2.05, 4.69) is 5.32 Å². The van der Waals surface area contributed by atoms with Crippen LogP contribution in [-0.2, 0) is 4.74 Å². The average molecular weight is 412 g/mol. The molecular formula is C20H30ClN3O4. The third-order valence-electron chi connectivity index (χ3n) is 4.45. The topological polar surface area (TPSA) is 71.1 Å². The number of carbonyl (C=O) groups excluding carboxylic acids is 2. The molecule has 1 N–H and O–H groups in total. The van der Waals surface area contributed by atoms with Gasteiger partial charge in [0, 0.05) is 32.4 Å². The van der Waals surface area contributed by atoms with Crippen molar-refractivity contribution in [3.8, 4) is 5.75 Å². The Kier molecular flexibility index (Phi) is 7.41. The summed E-state index contributed by atoms with van der Waals surface area (Å²) in [5.74, 6) is 0.763. The predicted molar refractivity (Wildman–Crippen MR) is 110 cm³/mol. The largest absolute Gasteiger partial charge is 0.495 e. The van der Waals surface area contributed by atoms with E-state index in [1.165, 1.54) is 0 Å². The van der Waals surface area contributed by atoms with Gasteiger partial charge in [-0.15, -0.1) is 0 Å². The molecule has 7 nitrogen and oxygen atoms in total. The Morgan fingerprint density at radius 3 is 2.68 bits per heavy atom. The molecule has 1 saturated heterocycles. The molecule has 1 aromatic rings. The zero-order valence-electron chi connectivity index (χ0n) is 17.3. The Morgan fingerprint density at radius 1 is 1.36 bits per heavy atom. The quantitative estimate of drug-likeness (QED) is 0.793. The third kappa shape index (κ3) is 6.48. The maximum Gasteiger partial charge on any atom is 0.410 e. The van der Waals surface area contributed by atoms with Gasteiger partial charge < -0.3 is 24.6 Å². The molecule has 0 spiro atoms. The number of hydrogen-bond acceptors (Lipinski definition) is 4. The number of amides is 3. The second-order valence-electron chi connectivity index (χ2n) is 8.09. The molecule has 1 heterocycles. The summed E-state index contributed by atoms with van der Waals surface area (Å²) < 4.78 is 10.5. The lowest BCUT2D eigenvalue weighted by molar-refractivity contribution is 0.0253. The number of ether oxygens (including phenoxy) is 2. The summed E-state index contributed by atoms with van der Waals surface area (Å²) in [5, 5.41) is 3.31. The second-order valence-corrected chi connectivity index (χ2v) is 8.50. The van der Waals surface area contributed by atoms with Gasteiger partial charge in [0.1, 0.15) is 11.4 Å². The molecule has 0 bridgehead atoms. The molecule has 1 aliphatic rings. The standard InChI is InChI=1S/C20H30ClN3O4/c1-20(2,3)28-19(26)23(4)12-14-7-6-10-24(13-14)18(25)22-15-8-9-17(27-5)16(21)11-15/h8-9,11,14H,6-7,10,12-13H2,1-5H3,(H,22,25). The summed E-state index contributed by atoms with van der Waals surface area (Å²) in [6, 6.07) is 4.95. The van der Waals surface area contributed by atoms with Gasteiger partial charge in [0.05, 0.1) is 12.1 Å². The average Bonchev–Trinajstić information content (AvgIpc) is 2.60. The number of nitrogens with zero attached hydrogens (tertiary/aromatic N) is 2. The fraction of sp³-hybridized carbons (Fsp3) is 0.600. The monoisotopic (exact) mass is 411 g/mol. The van der Waals surface area contributed by atoms with Crippen LogP contribution in [0.15, 0.2) is 18.2 Å². The number of nitrogens with one attached hydrogen (secondary N) is 1. The van der Waals surface area contributed by atoms with Gasteiger partial charge in [-0.25, -0.2) is 9.59 Å². The van der Waals surface area contributed by atoms with Gasteiger partial charge in [0.25, 0.3) is 0 Å². The van der Waals surface area contributed by atoms with E-state index in [-0.39, 0.29) is 18.0 Å². The lowest BCUT2D eigenvalue weighted by Gasteiger charge is -2.35. The van der Waals surface area contributed by atoms with Gasteiger partial charge >= 0.3 is 12.1 Å². The minimum Gasteiger partial charge on any atom is -0.495 e. The van der Waals surface area contributed by atoms with E-state index in [9.17, 15) is 9.59 Å². The predicted octanol–water partition coefficient (Wildman–Crippen LogP) is 4.46. The normalized spacial score (nSPS) is 17.1.